The Kier molecular flexibility index (Phi) is 7.61. The standard InChI is InChI=1S/C17H29NO.ClH/c1-7-8-19-16-11-14(10-13(3)18)12(2)9-15(16)17(4,5)6;/h9,11,13H,7-8,10,18H2,1-6H3;1H. The van der Waals surface area contributed by atoms with Gasteiger partial charge in [-0.3, -0.25) is 0 Å². The Balaban J connectivity index is 0.00000361. The Bertz CT molecular complexity index is 422. The van der Waals surface area contributed by atoms with E-state index in [9.17, 15) is 0 Å². The van der Waals surface area contributed by atoms with E-state index in [-0.39, 0.29) is 23.9 Å². The fraction of sp³-hybridized carbons (Fsp3) is 0.647. The van der Waals surface area contributed by atoms with Gasteiger partial charge < -0.3 is 10.5 Å². The minimum absolute atomic E-state index is 0. The summed E-state index contributed by atoms with van der Waals surface area (Å²) in [5, 5.41) is 0. The maximum absolute atomic E-state index is 5.95. The SMILES string of the molecule is CCCOc1cc(CC(C)N)c(C)cc1C(C)(C)C.Cl. The molecule has 0 amide bonds. The van der Waals surface area contributed by atoms with Crippen LogP contribution >= 0.6 is 12.4 Å². The Morgan fingerprint density at radius 3 is 2.30 bits per heavy atom. The van der Waals surface area contributed by atoms with Crippen LogP contribution in [0.1, 0.15) is 57.7 Å². The lowest BCUT2D eigenvalue weighted by Crippen LogP contribution is -2.20. The first kappa shape index (κ1) is 19.3. The molecular formula is C17H30ClNO. The maximum atomic E-state index is 5.95. The summed E-state index contributed by atoms with van der Waals surface area (Å²) in [7, 11) is 0. The Labute approximate surface area is 130 Å². The number of nitrogens with two attached hydrogens (primary N) is 1. The predicted octanol–water partition coefficient (Wildman–Crippen LogP) is 4.39. The molecule has 1 rings (SSSR count). The second-order valence-electron chi connectivity index (χ2n) is 6.55. The maximum Gasteiger partial charge on any atom is 0.123 e. The lowest BCUT2D eigenvalue weighted by atomic mass is 9.84. The van der Waals surface area contributed by atoms with Gasteiger partial charge in [0.05, 0.1) is 6.61 Å². The normalized spacial score (nSPS) is 12.8. The molecule has 1 unspecified atom stereocenters. The zero-order chi connectivity index (χ0) is 14.6. The summed E-state index contributed by atoms with van der Waals surface area (Å²) in [6.45, 7) is 13.8. The van der Waals surface area contributed by atoms with Crippen molar-refractivity contribution >= 4 is 12.4 Å². The Morgan fingerprint density at radius 2 is 1.85 bits per heavy atom. The van der Waals surface area contributed by atoms with Gasteiger partial charge in [-0.15, -0.1) is 12.4 Å². The van der Waals surface area contributed by atoms with Crippen LogP contribution in [0.2, 0.25) is 0 Å². The van der Waals surface area contributed by atoms with Gasteiger partial charge in [-0.2, -0.15) is 0 Å². The molecule has 3 heteroatoms. The van der Waals surface area contributed by atoms with Crippen molar-refractivity contribution in [1.82, 2.24) is 0 Å². The van der Waals surface area contributed by atoms with Gasteiger partial charge in [0.1, 0.15) is 5.75 Å². The van der Waals surface area contributed by atoms with Crippen LogP contribution < -0.4 is 10.5 Å². The number of hydrogen-bond donors (Lipinski definition) is 1. The number of halogens is 1. The van der Waals surface area contributed by atoms with Gasteiger partial charge in [0, 0.05) is 6.04 Å². The number of rotatable bonds is 5. The molecule has 0 saturated heterocycles. The van der Waals surface area contributed by atoms with E-state index in [4.69, 9.17) is 10.5 Å². The topological polar surface area (TPSA) is 35.2 Å². The van der Waals surface area contributed by atoms with E-state index in [2.05, 4.69) is 46.8 Å². The van der Waals surface area contributed by atoms with E-state index in [1.54, 1.807) is 0 Å². The fourth-order valence-corrected chi connectivity index (χ4v) is 2.21. The number of benzene rings is 1. The minimum Gasteiger partial charge on any atom is -0.493 e. The number of hydrogen-bond acceptors (Lipinski definition) is 2. The van der Waals surface area contributed by atoms with Gasteiger partial charge in [-0.25, -0.2) is 0 Å². The van der Waals surface area contributed by atoms with Gasteiger partial charge in [-0.1, -0.05) is 33.8 Å². The zero-order valence-electron chi connectivity index (χ0n) is 13.7. The third-order valence-corrected chi connectivity index (χ3v) is 3.25. The van der Waals surface area contributed by atoms with Gasteiger partial charge in [-0.05, 0) is 54.9 Å². The second-order valence-corrected chi connectivity index (χ2v) is 6.55. The summed E-state index contributed by atoms with van der Waals surface area (Å²) in [6, 6.07) is 4.63. The molecule has 0 saturated carbocycles. The van der Waals surface area contributed by atoms with Crippen molar-refractivity contribution in [3.8, 4) is 5.75 Å². The lowest BCUT2D eigenvalue weighted by molar-refractivity contribution is 0.308. The van der Waals surface area contributed by atoms with Crippen molar-refractivity contribution in [3.05, 3.63) is 28.8 Å². The van der Waals surface area contributed by atoms with Crippen molar-refractivity contribution in [1.29, 1.82) is 0 Å². The van der Waals surface area contributed by atoms with E-state index in [0.29, 0.717) is 0 Å². The van der Waals surface area contributed by atoms with Crippen LogP contribution in [0, 0.1) is 6.92 Å². The summed E-state index contributed by atoms with van der Waals surface area (Å²) >= 11 is 0. The summed E-state index contributed by atoms with van der Waals surface area (Å²) in [5.74, 6) is 1.02. The lowest BCUT2D eigenvalue weighted by Gasteiger charge is -2.25. The average Bonchev–Trinajstić information content (AvgIpc) is 2.27. The quantitative estimate of drug-likeness (QED) is 0.875. The van der Waals surface area contributed by atoms with Crippen LogP contribution in [-0.2, 0) is 11.8 Å². The molecule has 0 fully saturated rings. The van der Waals surface area contributed by atoms with E-state index < -0.39 is 0 Å². The molecule has 1 aromatic rings. The van der Waals surface area contributed by atoms with Crippen LogP contribution in [0.3, 0.4) is 0 Å². The molecule has 0 spiro atoms. The molecule has 0 heterocycles. The van der Waals surface area contributed by atoms with E-state index in [1.807, 2.05) is 6.92 Å². The molecule has 0 aliphatic carbocycles. The smallest absolute Gasteiger partial charge is 0.123 e. The first-order chi connectivity index (χ1) is 8.75. The molecule has 0 bridgehead atoms. The molecule has 20 heavy (non-hydrogen) atoms. The molecule has 2 N–H and O–H groups in total. The largest absolute Gasteiger partial charge is 0.493 e. The Morgan fingerprint density at radius 1 is 1.25 bits per heavy atom. The Hall–Kier alpha value is -0.730. The molecule has 0 radical (unpaired) electrons. The van der Waals surface area contributed by atoms with Gasteiger partial charge in [0.2, 0.25) is 0 Å². The van der Waals surface area contributed by atoms with Crippen molar-refractivity contribution < 1.29 is 4.74 Å². The van der Waals surface area contributed by atoms with Crippen molar-refractivity contribution in [2.24, 2.45) is 5.73 Å². The van der Waals surface area contributed by atoms with Crippen LogP contribution in [0.25, 0.3) is 0 Å². The summed E-state index contributed by atoms with van der Waals surface area (Å²) < 4.78 is 5.95. The summed E-state index contributed by atoms with van der Waals surface area (Å²) in [4.78, 5) is 0. The highest BCUT2D eigenvalue weighted by Crippen LogP contribution is 2.34. The molecule has 0 aliphatic heterocycles. The predicted molar refractivity (Wildman–Crippen MR) is 90.3 cm³/mol. The van der Waals surface area contributed by atoms with Gasteiger partial charge in [0.25, 0.3) is 0 Å². The highest BCUT2D eigenvalue weighted by molar-refractivity contribution is 5.85. The monoisotopic (exact) mass is 299 g/mol. The van der Waals surface area contributed by atoms with Crippen LogP contribution in [0.4, 0.5) is 0 Å². The van der Waals surface area contributed by atoms with Gasteiger partial charge in [0.15, 0.2) is 0 Å². The summed E-state index contributed by atoms with van der Waals surface area (Å²) in [5.41, 5.74) is 9.92. The van der Waals surface area contributed by atoms with E-state index >= 15 is 0 Å². The molecule has 1 aromatic carbocycles. The second kappa shape index (κ2) is 7.90. The molecule has 1 atom stereocenters. The molecular weight excluding hydrogens is 270 g/mol. The third kappa shape index (κ3) is 5.34. The molecule has 2 nitrogen and oxygen atoms in total. The van der Waals surface area contributed by atoms with Gasteiger partial charge >= 0.3 is 0 Å². The first-order valence-corrected chi connectivity index (χ1v) is 7.28. The molecule has 116 valence electrons. The number of aryl methyl sites for hydroxylation is 1. The zero-order valence-corrected chi connectivity index (χ0v) is 14.6. The van der Waals surface area contributed by atoms with Crippen molar-refractivity contribution in [3.63, 3.8) is 0 Å². The van der Waals surface area contributed by atoms with Crippen LogP contribution in [-0.4, -0.2) is 12.6 Å². The van der Waals surface area contributed by atoms with Crippen LogP contribution in [0.5, 0.6) is 5.75 Å². The first-order valence-electron chi connectivity index (χ1n) is 7.28. The highest BCUT2D eigenvalue weighted by Gasteiger charge is 2.20. The van der Waals surface area contributed by atoms with Crippen molar-refractivity contribution in [2.45, 2.75) is 65.8 Å². The molecule has 0 aromatic heterocycles. The van der Waals surface area contributed by atoms with E-state index in [1.165, 1.54) is 16.7 Å². The summed E-state index contributed by atoms with van der Waals surface area (Å²) in [6.07, 6.45) is 1.93. The fourth-order valence-electron chi connectivity index (χ4n) is 2.21. The highest BCUT2D eigenvalue weighted by atomic mass is 35.5. The average molecular weight is 300 g/mol. The third-order valence-electron chi connectivity index (χ3n) is 3.25. The van der Waals surface area contributed by atoms with E-state index in [0.717, 1.165) is 25.2 Å². The number of ether oxygens (including phenoxy) is 1. The van der Waals surface area contributed by atoms with Crippen LogP contribution in [0.15, 0.2) is 12.1 Å². The van der Waals surface area contributed by atoms with Crippen molar-refractivity contribution in [2.75, 3.05) is 6.61 Å². The molecule has 0 aliphatic rings. The minimum atomic E-state index is 0.